The molecule has 138 valence electrons. The first-order valence-corrected chi connectivity index (χ1v) is 8.08. The van der Waals surface area contributed by atoms with Crippen LogP contribution in [0.25, 0.3) is 0 Å². The largest absolute Gasteiger partial charge is 0.494 e. The normalized spacial score (nSPS) is 10.1. The number of rotatable bonds is 9. The SMILES string of the molecule is COc1cc(NC(=O)CCCOc2ccccc2)c(C(N)=O)cc1OC. The number of benzene rings is 2. The Labute approximate surface area is 152 Å². The fraction of sp³-hybridized carbons (Fsp3) is 0.263. The van der Waals surface area contributed by atoms with Gasteiger partial charge in [-0.2, -0.15) is 0 Å². The van der Waals surface area contributed by atoms with E-state index in [-0.39, 0.29) is 23.6 Å². The number of hydrogen-bond acceptors (Lipinski definition) is 5. The summed E-state index contributed by atoms with van der Waals surface area (Å²) in [4.78, 5) is 23.8. The summed E-state index contributed by atoms with van der Waals surface area (Å²) < 4.78 is 15.9. The van der Waals surface area contributed by atoms with Crippen LogP contribution < -0.4 is 25.3 Å². The third-order valence-electron chi connectivity index (χ3n) is 3.62. The van der Waals surface area contributed by atoms with Crippen LogP contribution in [-0.2, 0) is 4.79 Å². The van der Waals surface area contributed by atoms with Crippen molar-refractivity contribution in [1.82, 2.24) is 0 Å². The fourth-order valence-corrected chi connectivity index (χ4v) is 2.34. The van der Waals surface area contributed by atoms with Gasteiger partial charge in [-0.3, -0.25) is 9.59 Å². The summed E-state index contributed by atoms with van der Waals surface area (Å²) >= 11 is 0. The lowest BCUT2D eigenvalue weighted by Crippen LogP contribution is -2.19. The van der Waals surface area contributed by atoms with E-state index in [1.54, 1.807) is 0 Å². The van der Waals surface area contributed by atoms with E-state index >= 15 is 0 Å². The van der Waals surface area contributed by atoms with Crippen molar-refractivity contribution in [2.45, 2.75) is 12.8 Å². The first-order chi connectivity index (χ1) is 12.5. The molecule has 2 aromatic rings. The minimum Gasteiger partial charge on any atom is -0.494 e. The number of nitrogens with one attached hydrogen (secondary N) is 1. The Bertz CT molecular complexity index is 762. The summed E-state index contributed by atoms with van der Waals surface area (Å²) in [7, 11) is 2.92. The maximum atomic E-state index is 12.2. The van der Waals surface area contributed by atoms with Gasteiger partial charge in [0, 0.05) is 12.5 Å². The molecule has 7 heteroatoms. The second-order valence-electron chi connectivity index (χ2n) is 5.43. The van der Waals surface area contributed by atoms with Crippen LogP contribution in [0.2, 0.25) is 0 Å². The molecule has 0 atom stereocenters. The number of methoxy groups -OCH3 is 2. The lowest BCUT2D eigenvalue weighted by molar-refractivity contribution is -0.116. The molecule has 0 aliphatic carbocycles. The lowest BCUT2D eigenvalue weighted by Gasteiger charge is -2.14. The minimum atomic E-state index is -0.673. The third kappa shape index (κ3) is 5.14. The first kappa shape index (κ1) is 19.1. The molecule has 2 aromatic carbocycles. The van der Waals surface area contributed by atoms with Crippen LogP contribution in [-0.4, -0.2) is 32.6 Å². The van der Waals surface area contributed by atoms with E-state index in [1.807, 2.05) is 30.3 Å². The number of carbonyl (C=O) groups excluding carboxylic acids is 2. The molecule has 0 spiro atoms. The van der Waals surface area contributed by atoms with Gasteiger partial charge in [0.05, 0.1) is 32.1 Å². The number of para-hydroxylation sites is 1. The molecule has 0 aliphatic heterocycles. The zero-order valence-corrected chi connectivity index (χ0v) is 14.8. The topological polar surface area (TPSA) is 99.9 Å². The Balaban J connectivity index is 1.96. The van der Waals surface area contributed by atoms with Crippen molar-refractivity contribution in [2.24, 2.45) is 5.73 Å². The highest BCUT2D eigenvalue weighted by molar-refractivity contribution is 6.03. The van der Waals surface area contributed by atoms with Crippen LogP contribution in [0.5, 0.6) is 17.2 Å². The number of nitrogens with two attached hydrogens (primary N) is 1. The number of primary amides is 1. The zero-order chi connectivity index (χ0) is 18.9. The van der Waals surface area contributed by atoms with E-state index in [1.165, 1.54) is 26.4 Å². The second-order valence-corrected chi connectivity index (χ2v) is 5.43. The monoisotopic (exact) mass is 358 g/mol. The number of hydrogen-bond donors (Lipinski definition) is 2. The van der Waals surface area contributed by atoms with E-state index in [0.29, 0.717) is 24.5 Å². The highest BCUT2D eigenvalue weighted by atomic mass is 16.5. The molecule has 0 unspecified atom stereocenters. The Kier molecular flexibility index (Phi) is 6.84. The molecule has 0 fully saturated rings. The first-order valence-electron chi connectivity index (χ1n) is 8.08. The Hall–Kier alpha value is -3.22. The van der Waals surface area contributed by atoms with Gasteiger partial charge < -0.3 is 25.3 Å². The van der Waals surface area contributed by atoms with Crippen LogP contribution in [0, 0.1) is 0 Å². The van der Waals surface area contributed by atoms with Gasteiger partial charge in [0.25, 0.3) is 5.91 Å². The molecule has 0 aliphatic rings. The molecule has 2 rings (SSSR count). The molecule has 0 saturated heterocycles. The molecule has 2 amide bonds. The smallest absolute Gasteiger partial charge is 0.250 e. The number of anilines is 1. The third-order valence-corrected chi connectivity index (χ3v) is 3.62. The maximum Gasteiger partial charge on any atom is 0.250 e. The maximum absolute atomic E-state index is 12.2. The predicted molar refractivity (Wildman–Crippen MR) is 97.9 cm³/mol. The summed E-state index contributed by atoms with van der Waals surface area (Å²) in [6.07, 6.45) is 0.763. The lowest BCUT2D eigenvalue weighted by atomic mass is 10.1. The summed E-state index contributed by atoms with van der Waals surface area (Å²) in [5.74, 6) is 0.574. The van der Waals surface area contributed by atoms with E-state index in [4.69, 9.17) is 19.9 Å². The van der Waals surface area contributed by atoms with Crippen molar-refractivity contribution in [3.63, 3.8) is 0 Å². The molecule has 0 saturated carbocycles. The molecule has 0 heterocycles. The average molecular weight is 358 g/mol. The molecular weight excluding hydrogens is 336 g/mol. The van der Waals surface area contributed by atoms with Crippen LogP contribution in [0.4, 0.5) is 5.69 Å². The summed E-state index contributed by atoms with van der Waals surface area (Å²) in [5, 5.41) is 2.69. The molecule has 7 nitrogen and oxygen atoms in total. The summed E-state index contributed by atoms with van der Waals surface area (Å²) in [5.41, 5.74) is 5.82. The van der Waals surface area contributed by atoms with E-state index in [2.05, 4.69) is 5.32 Å². The van der Waals surface area contributed by atoms with Gasteiger partial charge in [0.2, 0.25) is 5.91 Å². The number of ether oxygens (including phenoxy) is 3. The summed E-state index contributed by atoms with van der Waals surface area (Å²) in [6, 6.07) is 12.3. The van der Waals surface area contributed by atoms with Crippen molar-refractivity contribution in [3.8, 4) is 17.2 Å². The molecule has 0 radical (unpaired) electrons. The molecule has 26 heavy (non-hydrogen) atoms. The van der Waals surface area contributed by atoms with Gasteiger partial charge in [-0.05, 0) is 24.6 Å². The molecular formula is C19H22N2O5. The van der Waals surface area contributed by atoms with Gasteiger partial charge in [0.15, 0.2) is 11.5 Å². The standard InChI is InChI=1S/C19H22N2O5/c1-24-16-11-14(19(20)23)15(12-17(16)25-2)21-18(22)9-6-10-26-13-7-4-3-5-8-13/h3-5,7-8,11-12H,6,9-10H2,1-2H3,(H2,20,23)(H,21,22). The molecule has 0 bridgehead atoms. The second kappa shape index (κ2) is 9.31. The highest BCUT2D eigenvalue weighted by Gasteiger charge is 2.16. The molecule has 3 N–H and O–H groups in total. The van der Waals surface area contributed by atoms with Crippen molar-refractivity contribution in [1.29, 1.82) is 0 Å². The Morgan fingerprint density at radius 1 is 1.04 bits per heavy atom. The van der Waals surface area contributed by atoms with Crippen molar-refractivity contribution >= 4 is 17.5 Å². The number of carbonyl (C=O) groups is 2. The predicted octanol–water partition coefficient (Wildman–Crippen LogP) is 2.60. The van der Waals surface area contributed by atoms with Crippen LogP contribution >= 0.6 is 0 Å². The Morgan fingerprint density at radius 2 is 1.69 bits per heavy atom. The molecule has 0 aromatic heterocycles. The zero-order valence-electron chi connectivity index (χ0n) is 14.8. The van der Waals surface area contributed by atoms with Gasteiger partial charge in [0.1, 0.15) is 5.75 Å². The van der Waals surface area contributed by atoms with E-state index in [0.717, 1.165) is 5.75 Å². The minimum absolute atomic E-state index is 0.150. The quantitative estimate of drug-likeness (QED) is 0.671. The van der Waals surface area contributed by atoms with Gasteiger partial charge in [-0.25, -0.2) is 0 Å². The van der Waals surface area contributed by atoms with Crippen molar-refractivity contribution < 1.29 is 23.8 Å². The number of amides is 2. The van der Waals surface area contributed by atoms with Gasteiger partial charge in [-0.15, -0.1) is 0 Å². The van der Waals surface area contributed by atoms with E-state index in [9.17, 15) is 9.59 Å². The van der Waals surface area contributed by atoms with Crippen LogP contribution in [0.3, 0.4) is 0 Å². The van der Waals surface area contributed by atoms with E-state index < -0.39 is 5.91 Å². The average Bonchev–Trinajstić information content (AvgIpc) is 2.65. The van der Waals surface area contributed by atoms with Crippen LogP contribution in [0.15, 0.2) is 42.5 Å². The van der Waals surface area contributed by atoms with Gasteiger partial charge in [-0.1, -0.05) is 18.2 Å². The van der Waals surface area contributed by atoms with Crippen LogP contribution in [0.1, 0.15) is 23.2 Å². The summed E-state index contributed by atoms with van der Waals surface area (Å²) in [6.45, 7) is 0.409. The highest BCUT2D eigenvalue weighted by Crippen LogP contribution is 2.33. The van der Waals surface area contributed by atoms with Gasteiger partial charge >= 0.3 is 0 Å². The fourth-order valence-electron chi connectivity index (χ4n) is 2.34. The Morgan fingerprint density at radius 3 is 2.31 bits per heavy atom. The van der Waals surface area contributed by atoms with Crippen molar-refractivity contribution in [3.05, 3.63) is 48.0 Å². The van der Waals surface area contributed by atoms with Crippen molar-refractivity contribution in [2.75, 3.05) is 26.1 Å².